The fourth-order valence-electron chi connectivity index (χ4n) is 3.12. The van der Waals surface area contributed by atoms with Gasteiger partial charge in [0.15, 0.2) is 0 Å². The van der Waals surface area contributed by atoms with E-state index in [1.54, 1.807) is 12.1 Å². The minimum absolute atomic E-state index is 0.431. The number of fused-ring (bicyclic) bond motifs is 1. The quantitative estimate of drug-likeness (QED) is 0.877. The SMILES string of the molecule is CC(C)CN1Cc2cccc(NS(=O)(=O)c3cc(F)cc(F)c3)c2C1. The number of rotatable bonds is 5. The molecule has 0 bridgehead atoms. The van der Waals surface area contributed by atoms with Crippen molar-refractivity contribution in [3.8, 4) is 0 Å². The van der Waals surface area contributed by atoms with Crippen LogP contribution in [0.5, 0.6) is 0 Å². The Balaban J connectivity index is 1.89. The van der Waals surface area contributed by atoms with Crippen molar-refractivity contribution in [1.82, 2.24) is 4.90 Å². The molecule has 0 spiro atoms. The van der Waals surface area contributed by atoms with Crippen molar-refractivity contribution >= 4 is 15.7 Å². The number of anilines is 1. The third-order valence-corrected chi connectivity index (χ3v) is 5.41. The van der Waals surface area contributed by atoms with Crippen LogP contribution in [0.3, 0.4) is 0 Å². The van der Waals surface area contributed by atoms with Crippen LogP contribution in [-0.2, 0) is 23.1 Å². The predicted molar refractivity (Wildman–Crippen MR) is 92.6 cm³/mol. The monoisotopic (exact) mass is 366 g/mol. The summed E-state index contributed by atoms with van der Waals surface area (Å²) in [4.78, 5) is 1.81. The van der Waals surface area contributed by atoms with E-state index in [1.165, 1.54) is 0 Å². The number of nitrogens with one attached hydrogen (secondary N) is 1. The summed E-state index contributed by atoms with van der Waals surface area (Å²) in [5, 5.41) is 0. The molecular weight excluding hydrogens is 346 g/mol. The minimum Gasteiger partial charge on any atom is -0.294 e. The van der Waals surface area contributed by atoms with Crippen molar-refractivity contribution in [2.75, 3.05) is 11.3 Å². The lowest BCUT2D eigenvalue weighted by Gasteiger charge is -2.17. The Labute approximate surface area is 146 Å². The zero-order valence-corrected chi connectivity index (χ0v) is 14.9. The molecule has 25 heavy (non-hydrogen) atoms. The number of halogens is 2. The van der Waals surface area contributed by atoms with Gasteiger partial charge in [0.2, 0.25) is 0 Å². The van der Waals surface area contributed by atoms with E-state index in [0.29, 0.717) is 24.2 Å². The van der Waals surface area contributed by atoms with Crippen LogP contribution < -0.4 is 4.72 Å². The number of sulfonamides is 1. The molecule has 0 saturated heterocycles. The lowest BCUT2D eigenvalue weighted by atomic mass is 10.1. The third-order valence-electron chi connectivity index (χ3n) is 4.06. The predicted octanol–water partition coefficient (Wildman–Crippen LogP) is 3.74. The van der Waals surface area contributed by atoms with Crippen molar-refractivity contribution in [1.29, 1.82) is 0 Å². The minimum atomic E-state index is -4.07. The molecule has 7 heteroatoms. The summed E-state index contributed by atoms with van der Waals surface area (Å²) in [7, 11) is -4.07. The van der Waals surface area contributed by atoms with Crippen LogP contribution >= 0.6 is 0 Å². The maximum Gasteiger partial charge on any atom is 0.262 e. The van der Waals surface area contributed by atoms with Gasteiger partial charge in [-0.2, -0.15) is 0 Å². The molecule has 1 heterocycles. The maximum absolute atomic E-state index is 13.4. The van der Waals surface area contributed by atoms with E-state index in [9.17, 15) is 17.2 Å². The van der Waals surface area contributed by atoms with Crippen molar-refractivity contribution in [3.63, 3.8) is 0 Å². The highest BCUT2D eigenvalue weighted by atomic mass is 32.2. The number of benzene rings is 2. The summed E-state index contributed by atoms with van der Waals surface area (Å²) in [6.45, 7) is 6.58. The van der Waals surface area contributed by atoms with Gasteiger partial charge in [0.25, 0.3) is 10.0 Å². The number of hydrogen-bond donors (Lipinski definition) is 1. The van der Waals surface area contributed by atoms with Crippen molar-refractivity contribution in [2.45, 2.75) is 31.8 Å². The van der Waals surface area contributed by atoms with Crippen LogP contribution in [0, 0.1) is 17.6 Å². The first-order valence-electron chi connectivity index (χ1n) is 8.06. The van der Waals surface area contributed by atoms with Gasteiger partial charge in [-0.1, -0.05) is 26.0 Å². The van der Waals surface area contributed by atoms with Gasteiger partial charge in [-0.25, -0.2) is 17.2 Å². The summed E-state index contributed by atoms with van der Waals surface area (Å²) in [6, 6.07) is 7.67. The van der Waals surface area contributed by atoms with Crippen LogP contribution in [0.15, 0.2) is 41.3 Å². The highest BCUT2D eigenvalue weighted by Gasteiger charge is 2.25. The second-order valence-electron chi connectivity index (χ2n) is 6.72. The molecule has 0 atom stereocenters. The molecule has 0 unspecified atom stereocenters. The van der Waals surface area contributed by atoms with Crippen molar-refractivity contribution < 1.29 is 17.2 Å². The van der Waals surface area contributed by atoms with Crippen LogP contribution in [0.25, 0.3) is 0 Å². The zero-order chi connectivity index (χ0) is 18.2. The highest BCUT2D eigenvalue weighted by molar-refractivity contribution is 7.92. The second kappa shape index (κ2) is 6.72. The van der Waals surface area contributed by atoms with Crippen LogP contribution in [0.1, 0.15) is 25.0 Å². The summed E-state index contributed by atoms with van der Waals surface area (Å²) in [5.41, 5.74) is 2.42. The van der Waals surface area contributed by atoms with Crippen molar-refractivity contribution in [3.05, 3.63) is 59.2 Å². The summed E-state index contributed by atoms with van der Waals surface area (Å²) in [5.74, 6) is -1.35. The molecule has 0 saturated carbocycles. The summed E-state index contributed by atoms with van der Waals surface area (Å²) < 4.78 is 54.2. The molecule has 0 amide bonds. The maximum atomic E-state index is 13.4. The molecule has 134 valence electrons. The molecular formula is C18H20F2N2O2S. The Kier molecular flexibility index (Phi) is 4.79. The molecule has 0 radical (unpaired) electrons. The topological polar surface area (TPSA) is 49.4 Å². The Morgan fingerprint density at radius 3 is 2.44 bits per heavy atom. The van der Waals surface area contributed by atoms with Crippen LogP contribution in [0.4, 0.5) is 14.5 Å². The standard InChI is InChI=1S/C18H20F2N2O2S/c1-12(2)9-22-10-13-4-3-5-18(17(13)11-22)21-25(23,24)16-7-14(19)6-15(20)8-16/h3-8,12,21H,9-11H2,1-2H3. The van der Waals surface area contributed by atoms with E-state index in [0.717, 1.165) is 36.3 Å². The molecule has 1 aliphatic rings. The average Bonchev–Trinajstić information content (AvgIpc) is 2.88. The van der Waals surface area contributed by atoms with E-state index < -0.39 is 26.6 Å². The summed E-state index contributed by atoms with van der Waals surface area (Å²) in [6.07, 6.45) is 0. The lowest BCUT2D eigenvalue weighted by Crippen LogP contribution is -2.21. The van der Waals surface area contributed by atoms with Gasteiger partial charge >= 0.3 is 0 Å². The van der Waals surface area contributed by atoms with E-state index >= 15 is 0 Å². The Bertz CT molecular complexity index is 878. The van der Waals surface area contributed by atoms with Crippen LogP contribution in [0.2, 0.25) is 0 Å². The fourth-order valence-corrected chi connectivity index (χ4v) is 4.25. The molecule has 3 rings (SSSR count). The molecule has 0 fully saturated rings. The fraction of sp³-hybridized carbons (Fsp3) is 0.333. The van der Waals surface area contributed by atoms with Crippen LogP contribution in [-0.4, -0.2) is 19.9 Å². The Hall–Kier alpha value is -1.99. The van der Waals surface area contributed by atoms with Gasteiger partial charge < -0.3 is 0 Å². The molecule has 0 aromatic heterocycles. The summed E-state index contributed by atoms with van der Waals surface area (Å²) >= 11 is 0. The van der Waals surface area contributed by atoms with Crippen molar-refractivity contribution in [2.24, 2.45) is 5.92 Å². The Morgan fingerprint density at radius 1 is 1.12 bits per heavy atom. The van der Waals surface area contributed by atoms with Gasteiger partial charge in [0.1, 0.15) is 11.6 Å². The highest BCUT2D eigenvalue weighted by Crippen LogP contribution is 2.31. The zero-order valence-electron chi connectivity index (χ0n) is 14.1. The van der Waals surface area contributed by atoms with Gasteiger partial charge in [0.05, 0.1) is 10.6 Å². The second-order valence-corrected chi connectivity index (χ2v) is 8.40. The van der Waals surface area contributed by atoms with E-state index in [4.69, 9.17) is 0 Å². The molecule has 1 aliphatic heterocycles. The third kappa shape index (κ3) is 3.99. The molecule has 2 aromatic carbocycles. The van der Waals surface area contributed by atoms with Gasteiger partial charge in [0, 0.05) is 25.7 Å². The number of hydrogen-bond acceptors (Lipinski definition) is 3. The first-order chi connectivity index (χ1) is 11.7. The normalized spacial score (nSPS) is 14.8. The van der Waals surface area contributed by atoms with Gasteiger partial charge in [-0.05, 0) is 35.2 Å². The van der Waals surface area contributed by atoms with E-state index in [-0.39, 0.29) is 0 Å². The van der Waals surface area contributed by atoms with Gasteiger partial charge in [-0.3, -0.25) is 9.62 Å². The molecule has 0 aliphatic carbocycles. The largest absolute Gasteiger partial charge is 0.294 e. The number of nitrogens with zero attached hydrogens (tertiary/aromatic N) is 1. The molecule has 4 nitrogen and oxygen atoms in total. The molecule has 1 N–H and O–H groups in total. The lowest BCUT2D eigenvalue weighted by molar-refractivity contribution is 0.251. The first kappa shape index (κ1) is 17.8. The average molecular weight is 366 g/mol. The van der Waals surface area contributed by atoms with Gasteiger partial charge in [-0.15, -0.1) is 0 Å². The first-order valence-corrected chi connectivity index (χ1v) is 9.55. The van der Waals surface area contributed by atoms with E-state index in [2.05, 4.69) is 23.5 Å². The van der Waals surface area contributed by atoms with E-state index in [1.807, 2.05) is 6.07 Å². The Morgan fingerprint density at radius 2 is 1.80 bits per heavy atom. The molecule has 2 aromatic rings. The smallest absolute Gasteiger partial charge is 0.262 e.